The molecule has 0 bridgehead atoms. The van der Waals surface area contributed by atoms with Crippen LogP contribution >= 0.6 is 11.3 Å². The molecular weight excluding hydrogens is 262 g/mol. The highest BCUT2D eigenvalue weighted by Gasteiger charge is 2.22. The van der Waals surface area contributed by atoms with Crippen molar-refractivity contribution in [1.29, 1.82) is 0 Å². The van der Waals surface area contributed by atoms with Gasteiger partial charge in [-0.3, -0.25) is 9.59 Å². The number of piperazine rings is 1. The van der Waals surface area contributed by atoms with Gasteiger partial charge in [0.2, 0.25) is 5.91 Å². The first-order valence-electron chi connectivity index (χ1n) is 6.33. The van der Waals surface area contributed by atoms with E-state index in [1.807, 2.05) is 23.4 Å². The smallest absolute Gasteiger partial charge is 0.264 e. The van der Waals surface area contributed by atoms with Crippen LogP contribution in [0, 0.1) is 0 Å². The van der Waals surface area contributed by atoms with Gasteiger partial charge in [-0.1, -0.05) is 6.07 Å². The van der Waals surface area contributed by atoms with Gasteiger partial charge in [-0.05, 0) is 18.5 Å². The van der Waals surface area contributed by atoms with Crippen LogP contribution in [0.15, 0.2) is 17.5 Å². The Kier molecular flexibility index (Phi) is 4.55. The maximum absolute atomic E-state index is 12.1. The summed E-state index contributed by atoms with van der Waals surface area (Å²) < 4.78 is 0. The Morgan fingerprint density at radius 3 is 2.58 bits per heavy atom. The lowest BCUT2D eigenvalue weighted by molar-refractivity contribution is -0.133. The van der Waals surface area contributed by atoms with Gasteiger partial charge in [-0.2, -0.15) is 0 Å². The van der Waals surface area contributed by atoms with Crippen molar-refractivity contribution in [3.63, 3.8) is 0 Å². The molecule has 104 valence electrons. The first-order chi connectivity index (χ1) is 9.08. The molecule has 0 unspecified atom stereocenters. The number of rotatable bonds is 3. The molecule has 2 heterocycles. The average Bonchev–Trinajstić information content (AvgIpc) is 2.92. The lowest BCUT2D eigenvalue weighted by Gasteiger charge is -2.33. The first-order valence-corrected chi connectivity index (χ1v) is 7.21. The largest absolute Gasteiger partial charge is 0.339 e. The summed E-state index contributed by atoms with van der Waals surface area (Å²) in [5, 5.41) is 1.86. The zero-order chi connectivity index (χ0) is 13.8. The summed E-state index contributed by atoms with van der Waals surface area (Å²) in [6.45, 7) is 3.44. The normalized spacial score (nSPS) is 16.4. The van der Waals surface area contributed by atoms with E-state index in [2.05, 4.69) is 4.90 Å². The third-order valence-electron chi connectivity index (χ3n) is 3.31. The molecule has 0 atom stereocenters. The SMILES string of the molecule is CN1CCN(C(=O)CN(C)C(=O)c2cccs2)CC1. The van der Waals surface area contributed by atoms with Gasteiger partial charge in [0.25, 0.3) is 5.91 Å². The van der Waals surface area contributed by atoms with E-state index in [4.69, 9.17) is 0 Å². The van der Waals surface area contributed by atoms with E-state index >= 15 is 0 Å². The molecule has 6 heteroatoms. The lowest BCUT2D eigenvalue weighted by Crippen LogP contribution is -2.50. The van der Waals surface area contributed by atoms with E-state index in [0.29, 0.717) is 4.88 Å². The van der Waals surface area contributed by atoms with Crippen molar-refractivity contribution >= 4 is 23.2 Å². The number of carbonyl (C=O) groups is 2. The molecule has 1 fully saturated rings. The Bertz CT molecular complexity index is 439. The van der Waals surface area contributed by atoms with E-state index in [1.54, 1.807) is 13.1 Å². The summed E-state index contributed by atoms with van der Waals surface area (Å²) in [6, 6.07) is 3.62. The molecule has 0 N–H and O–H groups in total. The topological polar surface area (TPSA) is 43.9 Å². The third-order valence-corrected chi connectivity index (χ3v) is 4.16. The van der Waals surface area contributed by atoms with Crippen molar-refractivity contribution in [2.24, 2.45) is 0 Å². The molecule has 0 saturated carbocycles. The predicted molar refractivity (Wildman–Crippen MR) is 75.4 cm³/mol. The fourth-order valence-corrected chi connectivity index (χ4v) is 2.74. The van der Waals surface area contributed by atoms with E-state index < -0.39 is 0 Å². The molecular formula is C13H19N3O2S. The Labute approximate surface area is 117 Å². The minimum atomic E-state index is -0.0857. The van der Waals surface area contributed by atoms with Crippen molar-refractivity contribution in [1.82, 2.24) is 14.7 Å². The number of nitrogens with zero attached hydrogens (tertiary/aromatic N) is 3. The van der Waals surface area contributed by atoms with Crippen LogP contribution in [0.1, 0.15) is 9.67 Å². The average molecular weight is 281 g/mol. The summed E-state index contributed by atoms with van der Waals surface area (Å²) in [7, 11) is 3.73. The van der Waals surface area contributed by atoms with Crippen LogP contribution < -0.4 is 0 Å². The molecule has 0 spiro atoms. The minimum Gasteiger partial charge on any atom is -0.339 e. The Morgan fingerprint density at radius 1 is 1.32 bits per heavy atom. The minimum absolute atomic E-state index is 0.0282. The first kappa shape index (κ1) is 14.0. The highest BCUT2D eigenvalue weighted by atomic mass is 32.1. The van der Waals surface area contributed by atoms with E-state index in [9.17, 15) is 9.59 Å². The van der Waals surface area contributed by atoms with Crippen molar-refractivity contribution in [3.8, 4) is 0 Å². The predicted octanol–water partition coefficient (Wildman–Crippen LogP) is 0.594. The van der Waals surface area contributed by atoms with Gasteiger partial charge in [0.15, 0.2) is 0 Å². The molecule has 2 amide bonds. The quantitative estimate of drug-likeness (QED) is 0.815. The second-order valence-corrected chi connectivity index (χ2v) is 5.77. The zero-order valence-corrected chi connectivity index (χ0v) is 12.2. The zero-order valence-electron chi connectivity index (χ0n) is 11.3. The Balaban J connectivity index is 1.86. The monoisotopic (exact) mass is 281 g/mol. The Morgan fingerprint density at radius 2 is 2.00 bits per heavy atom. The number of amides is 2. The number of hydrogen-bond donors (Lipinski definition) is 0. The van der Waals surface area contributed by atoms with Gasteiger partial charge in [0.05, 0.1) is 11.4 Å². The van der Waals surface area contributed by atoms with Gasteiger partial charge in [-0.15, -0.1) is 11.3 Å². The van der Waals surface area contributed by atoms with Crippen molar-refractivity contribution in [2.45, 2.75) is 0 Å². The van der Waals surface area contributed by atoms with Crippen LogP contribution in [0.5, 0.6) is 0 Å². The molecule has 5 nitrogen and oxygen atoms in total. The molecule has 1 saturated heterocycles. The third kappa shape index (κ3) is 3.54. The molecule has 0 radical (unpaired) electrons. The molecule has 0 aromatic carbocycles. The second-order valence-electron chi connectivity index (χ2n) is 4.82. The fraction of sp³-hybridized carbons (Fsp3) is 0.538. The maximum Gasteiger partial charge on any atom is 0.264 e. The van der Waals surface area contributed by atoms with Gasteiger partial charge in [0.1, 0.15) is 0 Å². The van der Waals surface area contributed by atoms with E-state index in [-0.39, 0.29) is 18.4 Å². The molecule has 19 heavy (non-hydrogen) atoms. The molecule has 1 aliphatic heterocycles. The summed E-state index contributed by atoms with van der Waals surface area (Å²) in [5.41, 5.74) is 0. The van der Waals surface area contributed by atoms with Crippen molar-refractivity contribution in [3.05, 3.63) is 22.4 Å². The maximum atomic E-state index is 12.1. The summed E-state index contributed by atoms with van der Waals surface area (Å²) in [5.74, 6) is -0.0574. The van der Waals surface area contributed by atoms with Gasteiger partial charge >= 0.3 is 0 Å². The van der Waals surface area contributed by atoms with E-state index in [0.717, 1.165) is 26.2 Å². The van der Waals surface area contributed by atoms with Gasteiger partial charge < -0.3 is 14.7 Å². The highest BCUT2D eigenvalue weighted by molar-refractivity contribution is 7.12. The molecule has 0 aliphatic carbocycles. The van der Waals surface area contributed by atoms with Crippen molar-refractivity contribution in [2.75, 3.05) is 46.8 Å². The van der Waals surface area contributed by atoms with Crippen LogP contribution in [-0.4, -0.2) is 73.3 Å². The number of hydrogen-bond acceptors (Lipinski definition) is 4. The van der Waals surface area contributed by atoms with Crippen molar-refractivity contribution < 1.29 is 9.59 Å². The standard InChI is InChI=1S/C13H19N3O2S/c1-14-5-7-16(8-6-14)12(17)10-15(2)13(18)11-4-3-9-19-11/h3-4,9H,5-8,10H2,1-2H3. The second kappa shape index (κ2) is 6.16. The molecule has 1 aliphatic rings. The summed E-state index contributed by atoms with van der Waals surface area (Å²) in [4.78, 5) is 30.3. The Hall–Kier alpha value is -1.40. The number of carbonyl (C=O) groups excluding carboxylic acids is 2. The van der Waals surface area contributed by atoms with Gasteiger partial charge in [-0.25, -0.2) is 0 Å². The molecule has 1 aromatic rings. The number of likely N-dealkylation sites (N-methyl/N-ethyl adjacent to an activating group) is 2. The van der Waals surface area contributed by atoms with Crippen LogP contribution in [0.4, 0.5) is 0 Å². The van der Waals surface area contributed by atoms with Crippen LogP contribution in [0.25, 0.3) is 0 Å². The van der Waals surface area contributed by atoms with Gasteiger partial charge in [0, 0.05) is 33.2 Å². The number of thiophene rings is 1. The van der Waals surface area contributed by atoms with Crippen LogP contribution in [-0.2, 0) is 4.79 Å². The lowest BCUT2D eigenvalue weighted by atomic mass is 10.3. The molecule has 1 aromatic heterocycles. The fourth-order valence-electron chi connectivity index (χ4n) is 2.02. The molecule has 2 rings (SSSR count). The van der Waals surface area contributed by atoms with Crippen LogP contribution in [0.2, 0.25) is 0 Å². The summed E-state index contributed by atoms with van der Waals surface area (Å²) >= 11 is 1.40. The van der Waals surface area contributed by atoms with Crippen LogP contribution in [0.3, 0.4) is 0 Å². The highest BCUT2D eigenvalue weighted by Crippen LogP contribution is 2.11. The van der Waals surface area contributed by atoms with E-state index in [1.165, 1.54) is 16.2 Å². The summed E-state index contributed by atoms with van der Waals surface area (Å²) in [6.07, 6.45) is 0.